The summed E-state index contributed by atoms with van der Waals surface area (Å²) in [5.74, 6) is -0.857. The van der Waals surface area contributed by atoms with Gasteiger partial charge in [0.1, 0.15) is 0 Å². The Morgan fingerprint density at radius 2 is 2.16 bits per heavy atom. The van der Waals surface area contributed by atoms with Gasteiger partial charge in [0, 0.05) is 35.3 Å². The Hall–Kier alpha value is -2.56. The molecule has 0 amide bonds. The number of H-pyrrole nitrogens is 1. The van der Waals surface area contributed by atoms with Crippen molar-refractivity contribution in [1.82, 2.24) is 14.8 Å². The van der Waals surface area contributed by atoms with Gasteiger partial charge in [-0.1, -0.05) is 18.2 Å². The molecule has 0 fully saturated rings. The molecule has 0 aliphatic carbocycles. The van der Waals surface area contributed by atoms with Gasteiger partial charge in [-0.25, -0.2) is 0 Å². The number of para-hydroxylation sites is 1. The SMILES string of the molecule is Cn1ncc(-c2c[nH]c3ccccc23)c1CC(=O)O. The number of fused-ring (bicyclic) bond motifs is 1. The van der Waals surface area contributed by atoms with Gasteiger partial charge in [0.15, 0.2) is 0 Å². The van der Waals surface area contributed by atoms with Crippen molar-refractivity contribution in [2.24, 2.45) is 7.05 Å². The van der Waals surface area contributed by atoms with Crippen molar-refractivity contribution in [1.29, 1.82) is 0 Å². The summed E-state index contributed by atoms with van der Waals surface area (Å²) in [4.78, 5) is 14.1. The van der Waals surface area contributed by atoms with E-state index in [4.69, 9.17) is 5.11 Å². The summed E-state index contributed by atoms with van der Waals surface area (Å²) in [7, 11) is 1.76. The maximum absolute atomic E-state index is 11.0. The summed E-state index contributed by atoms with van der Waals surface area (Å²) < 4.78 is 1.62. The lowest BCUT2D eigenvalue weighted by molar-refractivity contribution is -0.136. The van der Waals surface area contributed by atoms with Crippen LogP contribution in [0, 0.1) is 0 Å². The number of nitrogens with one attached hydrogen (secondary N) is 1. The van der Waals surface area contributed by atoms with Crippen molar-refractivity contribution >= 4 is 16.9 Å². The summed E-state index contributed by atoms with van der Waals surface area (Å²) in [6.45, 7) is 0. The van der Waals surface area contributed by atoms with Gasteiger partial charge >= 0.3 is 5.97 Å². The van der Waals surface area contributed by atoms with E-state index in [0.717, 1.165) is 22.0 Å². The number of carbonyl (C=O) groups is 1. The highest BCUT2D eigenvalue weighted by molar-refractivity contribution is 5.96. The van der Waals surface area contributed by atoms with Gasteiger partial charge in [0.25, 0.3) is 0 Å². The quantitative estimate of drug-likeness (QED) is 0.753. The Bertz CT molecular complexity index is 755. The Kier molecular flexibility index (Phi) is 2.59. The van der Waals surface area contributed by atoms with Crippen LogP contribution in [-0.4, -0.2) is 25.8 Å². The van der Waals surface area contributed by atoms with E-state index in [1.165, 1.54) is 0 Å². The van der Waals surface area contributed by atoms with Crippen LogP contribution < -0.4 is 0 Å². The average Bonchev–Trinajstić information content (AvgIpc) is 2.94. The monoisotopic (exact) mass is 255 g/mol. The topological polar surface area (TPSA) is 70.9 Å². The van der Waals surface area contributed by atoms with E-state index in [2.05, 4.69) is 10.1 Å². The molecular weight excluding hydrogens is 242 g/mol. The predicted octanol–water partition coefficient (Wildman–Crippen LogP) is 2.20. The molecule has 2 N–H and O–H groups in total. The minimum absolute atomic E-state index is 0.0364. The first kappa shape index (κ1) is 11.5. The normalized spacial score (nSPS) is 11.0. The van der Waals surface area contributed by atoms with E-state index in [1.54, 1.807) is 17.9 Å². The first-order valence-corrected chi connectivity index (χ1v) is 5.96. The highest BCUT2D eigenvalue weighted by atomic mass is 16.4. The van der Waals surface area contributed by atoms with Gasteiger partial charge in [-0.15, -0.1) is 0 Å². The fourth-order valence-corrected chi connectivity index (χ4v) is 2.34. The average molecular weight is 255 g/mol. The van der Waals surface area contributed by atoms with E-state index in [-0.39, 0.29) is 6.42 Å². The first-order chi connectivity index (χ1) is 9.16. The van der Waals surface area contributed by atoms with Gasteiger partial charge in [-0.2, -0.15) is 5.10 Å². The lowest BCUT2D eigenvalue weighted by Crippen LogP contribution is -2.07. The zero-order chi connectivity index (χ0) is 13.4. The molecule has 0 saturated carbocycles. The van der Waals surface area contributed by atoms with E-state index in [9.17, 15) is 4.79 Å². The van der Waals surface area contributed by atoms with E-state index < -0.39 is 5.97 Å². The number of hydrogen-bond acceptors (Lipinski definition) is 2. The van der Waals surface area contributed by atoms with Crippen molar-refractivity contribution in [3.8, 4) is 11.1 Å². The van der Waals surface area contributed by atoms with Gasteiger partial charge in [-0.3, -0.25) is 9.48 Å². The summed E-state index contributed by atoms with van der Waals surface area (Å²) in [6.07, 6.45) is 3.58. The highest BCUT2D eigenvalue weighted by Gasteiger charge is 2.16. The smallest absolute Gasteiger partial charge is 0.309 e. The molecule has 0 unspecified atom stereocenters. The van der Waals surface area contributed by atoms with Crippen LogP contribution in [0.5, 0.6) is 0 Å². The molecule has 5 heteroatoms. The molecule has 2 aromatic heterocycles. The largest absolute Gasteiger partial charge is 0.481 e. The van der Waals surface area contributed by atoms with E-state index in [1.807, 2.05) is 30.5 Å². The Labute approximate surface area is 109 Å². The van der Waals surface area contributed by atoms with Crippen LogP contribution in [0.4, 0.5) is 0 Å². The number of nitrogens with zero attached hydrogens (tertiary/aromatic N) is 2. The molecule has 0 aliphatic rings. The molecule has 3 aromatic rings. The number of aromatic amines is 1. The van der Waals surface area contributed by atoms with Crippen LogP contribution in [0.3, 0.4) is 0 Å². The molecule has 0 saturated heterocycles. The standard InChI is InChI=1S/C14H13N3O2/c1-17-13(6-14(18)19)11(8-16-17)10-7-15-12-5-3-2-4-9(10)12/h2-5,7-8,15H,6H2,1H3,(H,18,19). The van der Waals surface area contributed by atoms with Crippen molar-refractivity contribution in [3.63, 3.8) is 0 Å². The summed E-state index contributed by atoms with van der Waals surface area (Å²) >= 11 is 0. The lowest BCUT2D eigenvalue weighted by atomic mass is 10.0. The molecule has 5 nitrogen and oxygen atoms in total. The molecule has 0 radical (unpaired) electrons. The fraction of sp³-hybridized carbons (Fsp3) is 0.143. The number of aryl methyl sites for hydroxylation is 1. The molecule has 3 rings (SSSR count). The Morgan fingerprint density at radius 3 is 2.95 bits per heavy atom. The van der Waals surface area contributed by atoms with Crippen molar-refractivity contribution in [2.75, 3.05) is 0 Å². The van der Waals surface area contributed by atoms with E-state index >= 15 is 0 Å². The van der Waals surface area contributed by atoms with Gasteiger partial charge < -0.3 is 10.1 Å². The number of rotatable bonds is 3. The minimum atomic E-state index is -0.857. The van der Waals surface area contributed by atoms with Crippen LogP contribution in [0.1, 0.15) is 5.69 Å². The van der Waals surface area contributed by atoms with Crippen LogP contribution in [-0.2, 0) is 18.3 Å². The molecule has 1 aromatic carbocycles. The number of aliphatic carboxylic acids is 1. The van der Waals surface area contributed by atoms with Crippen LogP contribution in [0.15, 0.2) is 36.7 Å². The second-order valence-electron chi connectivity index (χ2n) is 4.45. The lowest BCUT2D eigenvalue weighted by Gasteiger charge is -2.02. The molecule has 0 atom stereocenters. The zero-order valence-corrected chi connectivity index (χ0v) is 10.4. The third-order valence-electron chi connectivity index (χ3n) is 3.26. The van der Waals surface area contributed by atoms with Crippen molar-refractivity contribution < 1.29 is 9.90 Å². The maximum Gasteiger partial charge on any atom is 0.309 e. The van der Waals surface area contributed by atoms with Gasteiger partial charge in [-0.05, 0) is 6.07 Å². The second kappa shape index (κ2) is 4.28. The minimum Gasteiger partial charge on any atom is -0.481 e. The molecule has 19 heavy (non-hydrogen) atoms. The molecular formula is C14H13N3O2. The van der Waals surface area contributed by atoms with Crippen molar-refractivity contribution in [3.05, 3.63) is 42.4 Å². The molecule has 96 valence electrons. The third kappa shape index (κ3) is 1.89. The van der Waals surface area contributed by atoms with Crippen LogP contribution in [0.25, 0.3) is 22.0 Å². The maximum atomic E-state index is 11.0. The van der Waals surface area contributed by atoms with E-state index in [0.29, 0.717) is 5.69 Å². The summed E-state index contributed by atoms with van der Waals surface area (Å²) in [5, 5.41) is 14.2. The molecule has 0 bridgehead atoms. The van der Waals surface area contributed by atoms with Gasteiger partial charge in [0.05, 0.1) is 18.3 Å². The fourth-order valence-electron chi connectivity index (χ4n) is 2.34. The van der Waals surface area contributed by atoms with Crippen LogP contribution >= 0.6 is 0 Å². The number of benzene rings is 1. The highest BCUT2D eigenvalue weighted by Crippen LogP contribution is 2.30. The molecule has 0 spiro atoms. The second-order valence-corrected chi connectivity index (χ2v) is 4.45. The zero-order valence-electron chi connectivity index (χ0n) is 10.4. The Morgan fingerprint density at radius 1 is 1.37 bits per heavy atom. The predicted molar refractivity (Wildman–Crippen MR) is 71.8 cm³/mol. The number of carboxylic acids is 1. The van der Waals surface area contributed by atoms with Crippen molar-refractivity contribution in [2.45, 2.75) is 6.42 Å². The number of aromatic nitrogens is 3. The molecule has 0 aliphatic heterocycles. The molecule has 2 heterocycles. The summed E-state index contributed by atoms with van der Waals surface area (Å²) in [6, 6.07) is 7.93. The van der Waals surface area contributed by atoms with Crippen LogP contribution in [0.2, 0.25) is 0 Å². The number of carboxylic acid groups (broad SMARTS) is 1. The Balaban J connectivity index is 2.19. The summed E-state index contributed by atoms with van der Waals surface area (Å²) in [5.41, 5.74) is 3.59. The third-order valence-corrected chi connectivity index (χ3v) is 3.26. The number of hydrogen-bond donors (Lipinski definition) is 2. The first-order valence-electron chi connectivity index (χ1n) is 5.96. The van der Waals surface area contributed by atoms with Gasteiger partial charge in [0.2, 0.25) is 0 Å².